The van der Waals surface area contributed by atoms with E-state index in [0.29, 0.717) is 11.6 Å². The first-order valence-electron chi connectivity index (χ1n) is 6.14. The molecule has 0 aliphatic rings. The number of hydrogen-bond donors (Lipinski definition) is 1. The Labute approximate surface area is 121 Å². The molecule has 6 heteroatoms. The minimum absolute atomic E-state index is 0.425. The second kappa shape index (κ2) is 6.73. The van der Waals surface area contributed by atoms with Gasteiger partial charge in [-0.25, -0.2) is 0 Å². The van der Waals surface area contributed by atoms with E-state index in [-0.39, 0.29) is 0 Å². The number of ether oxygens (including phenoxy) is 1. The van der Waals surface area contributed by atoms with Crippen LogP contribution < -0.4 is 10.1 Å². The largest absolute Gasteiger partial charge is 0.486 e. The average Bonchev–Trinajstić information content (AvgIpc) is 2.83. The summed E-state index contributed by atoms with van der Waals surface area (Å²) in [4.78, 5) is 0. The van der Waals surface area contributed by atoms with Gasteiger partial charge in [0.2, 0.25) is 5.13 Å². The topological polar surface area (TPSA) is 47.0 Å². The van der Waals surface area contributed by atoms with Crippen LogP contribution in [-0.2, 0) is 6.61 Å². The summed E-state index contributed by atoms with van der Waals surface area (Å²) in [5.41, 5.74) is 1.02. The fourth-order valence-electron chi connectivity index (χ4n) is 1.53. The van der Waals surface area contributed by atoms with Crippen molar-refractivity contribution in [3.63, 3.8) is 0 Å². The van der Waals surface area contributed by atoms with E-state index >= 15 is 0 Å². The van der Waals surface area contributed by atoms with Gasteiger partial charge in [-0.15, -0.1) is 10.2 Å². The number of benzene rings is 1. The van der Waals surface area contributed by atoms with E-state index < -0.39 is 0 Å². The maximum Gasteiger partial charge on any atom is 0.205 e. The molecule has 0 bridgehead atoms. The number of halogens is 1. The molecular formula is C13H16ClN3OS. The van der Waals surface area contributed by atoms with Crippen molar-refractivity contribution >= 4 is 28.1 Å². The zero-order chi connectivity index (χ0) is 13.7. The van der Waals surface area contributed by atoms with Gasteiger partial charge in [0.15, 0.2) is 5.01 Å². The summed E-state index contributed by atoms with van der Waals surface area (Å²) in [6, 6.07) is 5.57. The van der Waals surface area contributed by atoms with E-state index in [1.165, 1.54) is 11.3 Å². The summed E-state index contributed by atoms with van der Waals surface area (Å²) in [6.07, 6.45) is 1.06. The summed E-state index contributed by atoms with van der Waals surface area (Å²) >= 11 is 7.42. The molecule has 1 N–H and O–H groups in total. The molecule has 0 saturated carbocycles. The fraction of sp³-hybridized carbons (Fsp3) is 0.385. The molecule has 102 valence electrons. The highest BCUT2D eigenvalue weighted by Crippen LogP contribution is 2.23. The lowest BCUT2D eigenvalue weighted by atomic mass is 10.2. The number of aryl methyl sites for hydroxylation is 1. The van der Waals surface area contributed by atoms with Crippen LogP contribution in [0.1, 0.15) is 23.9 Å². The van der Waals surface area contributed by atoms with Crippen LogP contribution in [0.5, 0.6) is 5.75 Å². The molecule has 0 aliphatic carbocycles. The first-order valence-corrected chi connectivity index (χ1v) is 7.33. The van der Waals surface area contributed by atoms with Crippen molar-refractivity contribution in [1.82, 2.24) is 10.2 Å². The second-order valence-corrected chi connectivity index (χ2v) is 5.62. The Balaban J connectivity index is 1.92. The number of hydrogen-bond acceptors (Lipinski definition) is 5. The van der Waals surface area contributed by atoms with Crippen LogP contribution in [0.3, 0.4) is 0 Å². The van der Waals surface area contributed by atoms with Crippen molar-refractivity contribution in [3.05, 3.63) is 33.8 Å². The highest BCUT2D eigenvalue weighted by atomic mass is 35.5. The maximum atomic E-state index is 5.90. The lowest BCUT2D eigenvalue weighted by Crippen LogP contribution is -1.98. The number of nitrogens with one attached hydrogen (secondary N) is 1. The van der Waals surface area contributed by atoms with Crippen LogP contribution in [0.25, 0.3) is 0 Å². The van der Waals surface area contributed by atoms with Gasteiger partial charge in [-0.3, -0.25) is 0 Å². The molecule has 2 rings (SSSR count). The average molecular weight is 298 g/mol. The maximum absolute atomic E-state index is 5.90. The van der Waals surface area contributed by atoms with E-state index in [1.54, 1.807) is 0 Å². The summed E-state index contributed by atoms with van der Waals surface area (Å²) in [7, 11) is 0. The normalized spacial score (nSPS) is 10.5. The number of rotatable bonds is 6. The van der Waals surface area contributed by atoms with E-state index in [4.69, 9.17) is 16.3 Å². The molecule has 0 spiro atoms. The van der Waals surface area contributed by atoms with Gasteiger partial charge in [0.05, 0.1) is 0 Å². The predicted octanol–water partition coefficient (Wildman–Crippen LogP) is 3.90. The Morgan fingerprint density at radius 2 is 2.21 bits per heavy atom. The zero-order valence-corrected chi connectivity index (χ0v) is 12.5. The Bertz CT molecular complexity index is 544. The minimum Gasteiger partial charge on any atom is -0.486 e. The Hall–Kier alpha value is -1.33. The van der Waals surface area contributed by atoms with Gasteiger partial charge in [0, 0.05) is 11.6 Å². The van der Waals surface area contributed by atoms with Gasteiger partial charge in [0.25, 0.3) is 0 Å². The molecule has 4 nitrogen and oxygen atoms in total. The standard InChI is InChI=1S/C13H16ClN3OS/c1-3-6-15-13-17-16-12(19-13)8-18-11-5-4-10(14)7-9(11)2/h4-5,7H,3,6,8H2,1-2H3,(H,15,17). The van der Waals surface area contributed by atoms with Crippen LogP contribution in [-0.4, -0.2) is 16.7 Å². The molecule has 1 aromatic carbocycles. The van der Waals surface area contributed by atoms with Crippen molar-refractivity contribution < 1.29 is 4.74 Å². The van der Waals surface area contributed by atoms with E-state index in [9.17, 15) is 0 Å². The molecule has 1 heterocycles. The predicted molar refractivity (Wildman–Crippen MR) is 79.2 cm³/mol. The van der Waals surface area contributed by atoms with Crippen LogP contribution in [0.4, 0.5) is 5.13 Å². The van der Waals surface area contributed by atoms with Crippen molar-refractivity contribution in [2.45, 2.75) is 26.9 Å². The molecule has 0 unspecified atom stereocenters. The molecule has 1 aromatic heterocycles. The van der Waals surface area contributed by atoms with Crippen LogP contribution in [0, 0.1) is 6.92 Å². The van der Waals surface area contributed by atoms with E-state index in [0.717, 1.165) is 34.4 Å². The highest BCUT2D eigenvalue weighted by Gasteiger charge is 2.06. The van der Waals surface area contributed by atoms with Crippen LogP contribution in [0.2, 0.25) is 5.02 Å². The van der Waals surface area contributed by atoms with E-state index in [1.807, 2.05) is 25.1 Å². The van der Waals surface area contributed by atoms with Gasteiger partial charge in [-0.2, -0.15) is 0 Å². The number of anilines is 1. The van der Waals surface area contributed by atoms with Gasteiger partial charge in [0.1, 0.15) is 12.4 Å². The molecule has 0 saturated heterocycles. The van der Waals surface area contributed by atoms with Gasteiger partial charge in [-0.05, 0) is 37.1 Å². The summed E-state index contributed by atoms with van der Waals surface area (Å²) in [5.74, 6) is 0.822. The Morgan fingerprint density at radius 1 is 1.37 bits per heavy atom. The second-order valence-electron chi connectivity index (χ2n) is 4.13. The Morgan fingerprint density at radius 3 is 2.95 bits per heavy atom. The SMILES string of the molecule is CCCNc1nnc(COc2ccc(Cl)cc2C)s1. The van der Waals surface area contributed by atoms with Gasteiger partial charge >= 0.3 is 0 Å². The minimum atomic E-state index is 0.425. The van der Waals surface area contributed by atoms with Crippen LogP contribution in [0.15, 0.2) is 18.2 Å². The highest BCUT2D eigenvalue weighted by molar-refractivity contribution is 7.15. The monoisotopic (exact) mass is 297 g/mol. The number of aromatic nitrogens is 2. The Kier molecular flexibility index (Phi) is 4.99. The third-order valence-electron chi connectivity index (χ3n) is 2.48. The molecule has 0 atom stereocenters. The van der Waals surface area contributed by atoms with Crippen molar-refractivity contribution in [3.8, 4) is 5.75 Å². The molecule has 0 aliphatic heterocycles. The molecule has 0 radical (unpaired) electrons. The van der Waals surface area contributed by atoms with Crippen molar-refractivity contribution in [2.24, 2.45) is 0 Å². The molecule has 0 fully saturated rings. The molecule has 0 amide bonds. The summed E-state index contributed by atoms with van der Waals surface area (Å²) in [6.45, 7) is 5.41. The lowest BCUT2D eigenvalue weighted by molar-refractivity contribution is 0.302. The molecule has 2 aromatic rings. The van der Waals surface area contributed by atoms with Gasteiger partial charge < -0.3 is 10.1 Å². The third-order valence-corrected chi connectivity index (χ3v) is 3.57. The van der Waals surface area contributed by atoms with Crippen LogP contribution >= 0.6 is 22.9 Å². The summed E-state index contributed by atoms with van der Waals surface area (Å²) < 4.78 is 5.72. The first kappa shape index (κ1) is 14.1. The zero-order valence-electron chi connectivity index (χ0n) is 10.9. The first-order chi connectivity index (χ1) is 9.19. The summed E-state index contributed by atoms with van der Waals surface area (Å²) in [5, 5.41) is 13.8. The molecule has 19 heavy (non-hydrogen) atoms. The smallest absolute Gasteiger partial charge is 0.205 e. The quantitative estimate of drug-likeness (QED) is 0.878. The van der Waals surface area contributed by atoms with Crippen molar-refractivity contribution in [1.29, 1.82) is 0 Å². The fourth-order valence-corrected chi connectivity index (χ4v) is 2.43. The van der Waals surface area contributed by atoms with E-state index in [2.05, 4.69) is 22.4 Å². The lowest BCUT2D eigenvalue weighted by Gasteiger charge is -2.07. The third kappa shape index (κ3) is 4.08. The van der Waals surface area contributed by atoms with Crippen molar-refractivity contribution in [2.75, 3.05) is 11.9 Å². The molecular weight excluding hydrogens is 282 g/mol. The van der Waals surface area contributed by atoms with Gasteiger partial charge in [-0.1, -0.05) is 29.9 Å². The number of nitrogens with zero attached hydrogens (tertiary/aromatic N) is 2.